The summed E-state index contributed by atoms with van der Waals surface area (Å²) in [7, 11) is 0. The molecule has 0 radical (unpaired) electrons. The lowest BCUT2D eigenvalue weighted by atomic mass is 9.93. The van der Waals surface area contributed by atoms with Gasteiger partial charge in [-0.3, -0.25) is 4.98 Å². The van der Waals surface area contributed by atoms with Crippen LogP contribution in [0, 0.1) is 5.82 Å². The monoisotopic (exact) mass is 269 g/mol. The fourth-order valence-electron chi connectivity index (χ4n) is 3.03. The van der Waals surface area contributed by atoms with Crippen molar-refractivity contribution < 1.29 is 9.50 Å². The molecule has 1 aromatic carbocycles. The molecule has 2 aromatic rings. The van der Waals surface area contributed by atoms with Gasteiger partial charge in [0, 0.05) is 18.7 Å². The fourth-order valence-corrected chi connectivity index (χ4v) is 3.03. The van der Waals surface area contributed by atoms with Crippen LogP contribution in [0.15, 0.2) is 48.2 Å². The Morgan fingerprint density at radius 1 is 1.25 bits per heavy atom. The summed E-state index contributed by atoms with van der Waals surface area (Å²) in [6.45, 7) is 2.11. The summed E-state index contributed by atoms with van der Waals surface area (Å²) < 4.78 is 13.5. The molecule has 20 heavy (non-hydrogen) atoms. The van der Waals surface area contributed by atoms with Crippen LogP contribution in [-0.4, -0.2) is 16.7 Å². The van der Waals surface area contributed by atoms with Crippen LogP contribution in [0.5, 0.6) is 0 Å². The van der Waals surface area contributed by atoms with Gasteiger partial charge in [-0.25, -0.2) is 4.39 Å². The minimum atomic E-state index is -0.242. The van der Waals surface area contributed by atoms with Crippen molar-refractivity contribution in [2.45, 2.75) is 19.3 Å². The molecule has 1 aromatic heterocycles. The van der Waals surface area contributed by atoms with Gasteiger partial charge in [0.2, 0.25) is 0 Å². The van der Waals surface area contributed by atoms with Crippen molar-refractivity contribution in [1.82, 2.24) is 4.98 Å². The van der Waals surface area contributed by atoms with Gasteiger partial charge in [0.05, 0.1) is 5.69 Å². The number of fused-ring (bicyclic) bond motifs is 1. The molecule has 2 nitrogen and oxygen atoms in total. The molecule has 0 aliphatic heterocycles. The van der Waals surface area contributed by atoms with E-state index in [2.05, 4.69) is 4.98 Å². The molecule has 1 N–H and O–H groups in total. The highest BCUT2D eigenvalue weighted by Gasteiger charge is 2.30. The van der Waals surface area contributed by atoms with Crippen LogP contribution in [0.2, 0.25) is 0 Å². The lowest BCUT2D eigenvalue weighted by Gasteiger charge is -2.13. The smallest absolute Gasteiger partial charge is 0.123 e. The zero-order chi connectivity index (χ0) is 14.1. The Morgan fingerprint density at radius 3 is 2.80 bits per heavy atom. The Labute approximate surface area is 117 Å². The predicted octanol–water partition coefficient (Wildman–Crippen LogP) is 3.52. The molecule has 1 aliphatic carbocycles. The highest BCUT2D eigenvalue weighted by atomic mass is 19.1. The maximum atomic E-state index is 13.5. The predicted molar refractivity (Wildman–Crippen MR) is 76.8 cm³/mol. The second kappa shape index (κ2) is 5.17. The van der Waals surface area contributed by atoms with Crippen LogP contribution in [0.3, 0.4) is 0 Å². The molecule has 0 bridgehead atoms. The van der Waals surface area contributed by atoms with Crippen molar-refractivity contribution in [2.75, 3.05) is 6.61 Å². The average molecular weight is 269 g/mol. The number of hydrogen-bond donors (Lipinski definition) is 1. The first kappa shape index (κ1) is 13.0. The van der Waals surface area contributed by atoms with Crippen molar-refractivity contribution in [1.29, 1.82) is 0 Å². The van der Waals surface area contributed by atoms with Crippen LogP contribution in [0.4, 0.5) is 4.39 Å². The first-order chi connectivity index (χ1) is 9.72. The first-order valence-electron chi connectivity index (χ1n) is 6.73. The van der Waals surface area contributed by atoms with Gasteiger partial charge in [-0.15, -0.1) is 0 Å². The molecule has 1 atom stereocenters. The molecule has 0 spiro atoms. The Kier molecular flexibility index (Phi) is 3.36. The largest absolute Gasteiger partial charge is 0.396 e. The minimum absolute atomic E-state index is 0.0633. The van der Waals surface area contributed by atoms with Crippen molar-refractivity contribution >= 4 is 5.57 Å². The zero-order valence-corrected chi connectivity index (χ0v) is 11.3. The number of aromatic nitrogens is 1. The molecule has 3 heteroatoms. The van der Waals surface area contributed by atoms with Crippen LogP contribution in [-0.2, 0) is 0 Å². The summed E-state index contributed by atoms with van der Waals surface area (Å²) in [5.74, 6) is -0.179. The van der Waals surface area contributed by atoms with E-state index in [4.69, 9.17) is 0 Å². The molecule has 0 saturated carbocycles. The Balaban J connectivity index is 2.17. The lowest BCUT2D eigenvalue weighted by Crippen LogP contribution is -2.01. The van der Waals surface area contributed by atoms with Crippen molar-refractivity contribution in [3.05, 3.63) is 70.8 Å². The maximum Gasteiger partial charge on any atom is 0.123 e. The molecule has 1 aliphatic rings. The third-order valence-corrected chi connectivity index (χ3v) is 3.91. The SMILES string of the molecule is CC1=C(CCO)c2cc(F)ccc2C1c1ccccn1. The lowest BCUT2D eigenvalue weighted by molar-refractivity contribution is 0.305. The molecule has 3 rings (SSSR count). The van der Waals surface area contributed by atoms with E-state index in [0.717, 1.165) is 28.0 Å². The third kappa shape index (κ3) is 2.04. The average Bonchev–Trinajstić information content (AvgIpc) is 2.73. The van der Waals surface area contributed by atoms with Gasteiger partial charge in [0.15, 0.2) is 0 Å². The highest BCUT2D eigenvalue weighted by molar-refractivity contribution is 5.79. The summed E-state index contributed by atoms with van der Waals surface area (Å²) in [6, 6.07) is 10.7. The second-order valence-corrected chi connectivity index (χ2v) is 5.05. The van der Waals surface area contributed by atoms with Gasteiger partial charge in [-0.2, -0.15) is 0 Å². The molecule has 0 amide bonds. The number of hydrogen-bond acceptors (Lipinski definition) is 2. The van der Waals surface area contributed by atoms with Crippen molar-refractivity contribution in [3.63, 3.8) is 0 Å². The second-order valence-electron chi connectivity index (χ2n) is 5.05. The fraction of sp³-hybridized carbons (Fsp3) is 0.235. The Bertz CT molecular complexity index is 664. The van der Waals surface area contributed by atoms with Crippen molar-refractivity contribution in [2.24, 2.45) is 0 Å². The minimum Gasteiger partial charge on any atom is -0.396 e. The van der Waals surface area contributed by atoms with Crippen LogP contribution in [0.25, 0.3) is 5.57 Å². The summed E-state index contributed by atoms with van der Waals surface area (Å²) in [5, 5.41) is 9.25. The number of aliphatic hydroxyl groups excluding tert-OH is 1. The van der Waals surface area contributed by atoms with Crippen LogP contribution >= 0.6 is 0 Å². The number of rotatable bonds is 3. The molecule has 1 heterocycles. The number of pyridine rings is 1. The molecule has 1 unspecified atom stereocenters. The van der Waals surface area contributed by atoms with Gasteiger partial charge >= 0.3 is 0 Å². The molecule has 0 fully saturated rings. The quantitative estimate of drug-likeness (QED) is 0.924. The van der Waals surface area contributed by atoms with Gasteiger partial charge in [-0.05, 0) is 54.3 Å². The van der Waals surface area contributed by atoms with Crippen molar-refractivity contribution in [3.8, 4) is 0 Å². The Hall–Kier alpha value is -2.00. The maximum absolute atomic E-state index is 13.5. The molecular formula is C17H16FNO. The van der Waals surface area contributed by atoms with Gasteiger partial charge in [0.25, 0.3) is 0 Å². The summed E-state index contributed by atoms with van der Waals surface area (Å²) >= 11 is 0. The van der Waals surface area contributed by atoms with Gasteiger partial charge < -0.3 is 5.11 Å². The van der Waals surface area contributed by atoms with E-state index in [1.165, 1.54) is 6.07 Å². The van der Waals surface area contributed by atoms with Crippen LogP contribution < -0.4 is 0 Å². The summed E-state index contributed by atoms with van der Waals surface area (Å²) in [4.78, 5) is 4.44. The molecular weight excluding hydrogens is 253 g/mol. The Morgan fingerprint density at radius 2 is 2.10 bits per heavy atom. The van der Waals surface area contributed by atoms with E-state index in [1.54, 1.807) is 12.3 Å². The van der Waals surface area contributed by atoms with E-state index >= 15 is 0 Å². The molecule has 0 saturated heterocycles. The first-order valence-corrected chi connectivity index (χ1v) is 6.73. The number of allylic oxidation sites excluding steroid dienone is 1. The summed E-state index contributed by atoms with van der Waals surface area (Å²) in [6.07, 6.45) is 2.32. The number of nitrogens with zero attached hydrogens (tertiary/aromatic N) is 1. The number of benzene rings is 1. The molecule has 102 valence electrons. The van der Waals surface area contributed by atoms with Gasteiger partial charge in [0.1, 0.15) is 5.82 Å². The number of aliphatic hydroxyl groups is 1. The standard InChI is InChI=1S/C17H16FNO/c1-11-13(7-9-20)15-10-12(18)5-6-14(15)17(11)16-4-2-3-8-19-16/h2-6,8,10,17,20H,7,9H2,1H3. The number of halogens is 1. The van der Waals surface area contributed by atoms with E-state index in [1.807, 2.05) is 31.2 Å². The van der Waals surface area contributed by atoms with E-state index in [0.29, 0.717) is 6.42 Å². The van der Waals surface area contributed by atoms with E-state index in [-0.39, 0.29) is 18.3 Å². The highest BCUT2D eigenvalue weighted by Crippen LogP contribution is 2.45. The normalized spacial score (nSPS) is 17.4. The summed E-state index contributed by atoms with van der Waals surface area (Å²) in [5.41, 5.74) is 5.14. The topological polar surface area (TPSA) is 33.1 Å². The van der Waals surface area contributed by atoms with E-state index < -0.39 is 0 Å². The van der Waals surface area contributed by atoms with E-state index in [9.17, 15) is 9.50 Å². The zero-order valence-electron chi connectivity index (χ0n) is 11.3. The third-order valence-electron chi connectivity index (χ3n) is 3.91. The van der Waals surface area contributed by atoms with Crippen LogP contribution in [0.1, 0.15) is 36.1 Å². The van der Waals surface area contributed by atoms with Gasteiger partial charge in [-0.1, -0.05) is 17.7 Å².